The van der Waals surface area contributed by atoms with Crippen molar-refractivity contribution in [2.24, 2.45) is 0 Å². The van der Waals surface area contributed by atoms with E-state index in [1.807, 2.05) is 0 Å². The van der Waals surface area contributed by atoms with Crippen LogP contribution in [0.4, 0.5) is 0 Å². The van der Waals surface area contributed by atoms with Crippen LogP contribution in [0.5, 0.6) is 0 Å². The molecule has 2 aliphatic carbocycles. The normalized spacial score (nSPS) is 25.7. The molecule has 2 fully saturated rings. The van der Waals surface area contributed by atoms with Gasteiger partial charge in [0.15, 0.2) is 0 Å². The Bertz CT molecular complexity index is 121. The molecule has 0 unspecified atom stereocenters. The van der Waals surface area contributed by atoms with Crippen molar-refractivity contribution in [2.75, 3.05) is 0 Å². The van der Waals surface area contributed by atoms with E-state index >= 15 is 0 Å². The molecule has 1 radical (unpaired) electrons. The molecule has 0 N–H and O–H groups in total. The quantitative estimate of drug-likeness (QED) is 0.489. The van der Waals surface area contributed by atoms with Gasteiger partial charge in [0.25, 0.3) is 0 Å². The predicted molar refractivity (Wildman–Crippen MR) is 67.8 cm³/mol. The van der Waals surface area contributed by atoms with Gasteiger partial charge in [0.2, 0.25) is 0 Å². The number of hydrogen-bond acceptors (Lipinski definition) is 0. The average molecular weight is 221 g/mol. The SMILES string of the molecule is C1CCC(PC2CCCCC2)CC1.[Na]. The molecule has 0 bridgehead atoms. The minimum absolute atomic E-state index is 0. The van der Waals surface area contributed by atoms with Gasteiger partial charge in [-0.3, -0.25) is 0 Å². The van der Waals surface area contributed by atoms with E-state index in [9.17, 15) is 0 Å². The Morgan fingerprint density at radius 2 is 0.929 bits per heavy atom. The van der Waals surface area contributed by atoms with Crippen molar-refractivity contribution in [1.29, 1.82) is 0 Å². The fourth-order valence-electron chi connectivity index (χ4n) is 2.87. The maximum atomic E-state index is 1.56. The first-order valence-corrected chi connectivity index (χ1v) is 7.37. The molecule has 0 heterocycles. The smallest absolute Gasteiger partial charge is 0 e. The van der Waals surface area contributed by atoms with Crippen LogP contribution in [0.3, 0.4) is 0 Å². The van der Waals surface area contributed by atoms with Gasteiger partial charge in [0, 0.05) is 29.6 Å². The first kappa shape index (κ1) is 13.5. The summed E-state index contributed by atoms with van der Waals surface area (Å²) in [5.74, 6) is 0. The predicted octanol–water partition coefficient (Wildman–Crippen LogP) is 3.95. The van der Waals surface area contributed by atoms with Crippen LogP contribution in [-0.4, -0.2) is 40.9 Å². The second-order valence-electron chi connectivity index (χ2n) is 4.84. The molecule has 0 atom stereocenters. The molecule has 0 aromatic heterocycles. The molecular formula is C12H23NaP. The summed E-state index contributed by atoms with van der Waals surface area (Å²) in [4.78, 5) is 0. The summed E-state index contributed by atoms with van der Waals surface area (Å²) in [5.41, 5.74) is 2.30. The van der Waals surface area contributed by atoms with Crippen LogP contribution in [0.15, 0.2) is 0 Å². The summed E-state index contributed by atoms with van der Waals surface area (Å²) in [6, 6.07) is 0. The van der Waals surface area contributed by atoms with Crippen molar-refractivity contribution in [1.82, 2.24) is 0 Å². The third-order valence-electron chi connectivity index (χ3n) is 3.68. The van der Waals surface area contributed by atoms with E-state index in [0.29, 0.717) is 0 Å². The molecule has 0 spiro atoms. The first-order valence-electron chi connectivity index (χ1n) is 6.21. The topological polar surface area (TPSA) is 0 Å². The van der Waals surface area contributed by atoms with Crippen LogP contribution in [0.2, 0.25) is 0 Å². The van der Waals surface area contributed by atoms with Crippen molar-refractivity contribution >= 4 is 38.1 Å². The van der Waals surface area contributed by atoms with E-state index < -0.39 is 0 Å². The van der Waals surface area contributed by atoms with Gasteiger partial charge >= 0.3 is 0 Å². The maximum Gasteiger partial charge on any atom is 0 e. The van der Waals surface area contributed by atoms with E-state index in [4.69, 9.17) is 0 Å². The third-order valence-corrected chi connectivity index (χ3v) is 5.78. The molecule has 2 rings (SSSR count). The van der Waals surface area contributed by atoms with Crippen LogP contribution >= 0.6 is 8.58 Å². The molecule has 0 aliphatic heterocycles. The Labute approximate surface area is 113 Å². The van der Waals surface area contributed by atoms with E-state index in [2.05, 4.69) is 0 Å². The van der Waals surface area contributed by atoms with Crippen LogP contribution < -0.4 is 0 Å². The molecule has 0 aromatic rings. The zero-order chi connectivity index (χ0) is 8.93. The Kier molecular flexibility index (Phi) is 7.39. The fourth-order valence-corrected chi connectivity index (χ4v) is 5.02. The Hall–Kier alpha value is 1.43. The van der Waals surface area contributed by atoms with Crippen molar-refractivity contribution < 1.29 is 0 Å². The van der Waals surface area contributed by atoms with Gasteiger partial charge in [-0.2, -0.15) is 0 Å². The fraction of sp³-hybridized carbons (Fsp3) is 1.00. The molecule has 2 aliphatic rings. The molecule has 77 valence electrons. The van der Waals surface area contributed by atoms with Crippen LogP contribution in [0, 0.1) is 0 Å². The molecule has 14 heavy (non-hydrogen) atoms. The van der Waals surface area contributed by atoms with E-state index in [-0.39, 0.29) is 29.6 Å². The summed E-state index contributed by atoms with van der Waals surface area (Å²) in [7, 11) is 1.33. The summed E-state index contributed by atoms with van der Waals surface area (Å²) in [5, 5.41) is 0. The molecule has 0 aromatic carbocycles. The summed E-state index contributed by atoms with van der Waals surface area (Å²) >= 11 is 0. The van der Waals surface area contributed by atoms with Crippen LogP contribution in [0.1, 0.15) is 64.2 Å². The van der Waals surface area contributed by atoms with Gasteiger partial charge in [0.05, 0.1) is 0 Å². The zero-order valence-corrected chi connectivity index (χ0v) is 12.7. The third kappa shape index (κ3) is 4.52. The number of hydrogen-bond donors (Lipinski definition) is 0. The van der Waals surface area contributed by atoms with Gasteiger partial charge in [-0.05, 0) is 37.0 Å². The molecule has 0 nitrogen and oxygen atoms in total. The van der Waals surface area contributed by atoms with Gasteiger partial charge in [-0.25, -0.2) is 0 Å². The van der Waals surface area contributed by atoms with Crippen LogP contribution in [-0.2, 0) is 0 Å². The van der Waals surface area contributed by atoms with Crippen molar-refractivity contribution in [3.05, 3.63) is 0 Å². The summed E-state index contributed by atoms with van der Waals surface area (Å²) in [6.07, 6.45) is 15.4. The average Bonchev–Trinajstić information content (AvgIpc) is 2.21. The molecule has 0 amide bonds. The number of rotatable bonds is 2. The van der Waals surface area contributed by atoms with E-state index in [1.165, 1.54) is 47.1 Å². The van der Waals surface area contributed by atoms with E-state index in [1.54, 1.807) is 25.7 Å². The van der Waals surface area contributed by atoms with Crippen molar-refractivity contribution in [3.63, 3.8) is 0 Å². The largest absolute Gasteiger partial charge is 0.116 e. The van der Waals surface area contributed by atoms with Gasteiger partial charge in [-0.15, -0.1) is 8.58 Å². The standard InChI is InChI=1S/C12H23P.Na/c1-3-7-11(8-4-1)13-12-9-5-2-6-10-12;/h11-13H,1-10H2;. The van der Waals surface area contributed by atoms with E-state index in [0.717, 1.165) is 11.3 Å². The summed E-state index contributed by atoms with van der Waals surface area (Å²) < 4.78 is 0. The maximum absolute atomic E-state index is 1.56. The zero-order valence-electron chi connectivity index (χ0n) is 9.73. The molecule has 2 heteroatoms. The Balaban J connectivity index is 0.000000980. The van der Waals surface area contributed by atoms with Gasteiger partial charge in [0.1, 0.15) is 0 Å². The van der Waals surface area contributed by atoms with Gasteiger partial charge < -0.3 is 0 Å². The Morgan fingerprint density at radius 1 is 0.571 bits per heavy atom. The Morgan fingerprint density at radius 3 is 1.29 bits per heavy atom. The monoisotopic (exact) mass is 221 g/mol. The van der Waals surface area contributed by atoms with Gasteiger partial charge in [-0.1, -0.05) is 38.5 Å². The molecule has 0 saturated heterocycles. The summed E-state index contributed by atoms with van der Waals surface area (Å²) in [6.45, 7) is 0. The second-order valence-corrected chi connectivity index (χ2v) is 6.80. The molecular weight excluding hydrogens is 198 g/mol. The second kappa shape index (κ2) is 7.66. The van der Waals surface area contributed by atoms with Crippen molar-refractivity contribution in [3.8, 4) is 0 Å². The van der Waals surface area contributed by atoms with Crippen molar-refractivity contribution in [2.45, 2.75) is 75.5 Å². The minimum atomic E-state index is 0. The molecule has 2 saturated carbocycles. The minimum Gasteiger partial charge on any atom is -0.116 e. The first-order chi connectivity index (χ1) is 6.45. The van der Waals surface area contributed by atoms with Crippen LogP contribution in [0.25, 0.3) is 0 Å².